The van der Waals surface area contributed by atoms with E-state index in [2.05, 4.69) is 20.2 Å². The van der Waals surface area contributed by atoms with Crippen LogP contribution in [-0.2, 0) is 0 Å². The Labute approximate surface area is 137 Å². The van der Waals surface area contributed by atoms with Gasteiger partial charge in [-0.2, -0.15) is 5.10 Å². The summed E-state index contributed by atoms with van der Waals surface area (Å²) in [6, 6.07) is 5.55. The van der Waals surface area contributed by atoms with Gasteiger partial charge in [0.15, 0.2) is 10.8 Å². The maximum absolute atomic E-state index is 12.9. The Bertz CT molecular complexity index is 843. The second-order valence-corrected chi connectivity index (χ2v) is 6.00. The number of hydrogen-bond acceptors (Lipinski definition) is 4. The first-order valence-electron chi connectivity index (χ1n) is 7.51. The molecule has 8 heteroatoms. The quantitative estimate of drug-likeness (QED) is 0.780. The molecule has 1 saturated heterocycles. The SMILES string of the molecule is O=C(c1c(Cl)nc2ccccn12)N1CCCC(c2ncn[nH]2)C1. The zero-order chi connectivity index (χ0) is 15.8. The van der Waals surface area contributed by atoms with Gasteiger partial charge in [-0.25, -0.2) is 9.97 Å². The number of aromatic amines is 1. The van der Waals surface area contributed by atoms with Gasteiger partial charge in [0.25, 0.3) is 5.91 Å². The first kappa shape index (κ1) is 14.2. The number of carbonyl (C=O) groups is 1. The number of fused-ring (bicyclic) bond motifs is 1. The lowest BCUT2D eigenvalue weighted by Gasteiger charge is -2.31. The largest absolute Gasteiger partial charge is 0.337 e. The van der Waals surface area contributed by atoms with Crippen molar-refractivity contribution in [3.63, 3.8) is 0 Å². The van der Waals surface area contributed by atoms with Crippen LogP contribution in [0, 0.1) is 0 Å². The predicted molar refractivity (Wildman–Crippen MR) is 84.5 cm³/mol. The van der Waals surface area contributed by atoms with Gasteiger partial charge < -0.3 is 4.90 Å². The number of hydrogen-bond donors (Lipinski definition) is 1. The van der Waals surface area contributed by atoms with Crippen molar-refractivity contribution < 1.29 is 4.79 Å². The molecule has 23 heavy (non-hydrogen) atoms. The molecule has 1 atom stereocenters. The van der Waals surface area contributed by atoms with Gasteiger partial charge in [-0.05, 0) is 25.0 Å². The Balaban J connectivity index is 1.64. The predicted octanol–water partition coefficient (Wildman–Crippen LogP) is 2.13. The summed E-state index contributed by atoms with van der Waals surface area (Å²) in [6.07, 6.45) is 5.21. The molecule has 1 aliphatic rings. The van der Waals surface area contributed by atoms with Gasteiger partial charge in [0.1, 0.15) is 17.8 Å². The molecule has 0 spiro atoms. The maximum Gasteiger partial charge on any atom is 0.274 e. The number of piperidine rings is 1. The summed E-state index contributed by atoms with van der Waals surface area (Å²) in [6.45, 7) is 1.31. The van der Waals surface area contributed by atoms with E-state index in [1.807, 2.05) is 23.1 Å². The summed E-state index contributed by atoms with van der Waals surface area (Å²) < 4.78 is 1.74. The van der Waals surface area contributed by atoms with Crippen LogP contribution < -0.4 is 0 Å². The average molecular weight is 331 g/mol. The maximum atomic E-state index is 12.9. The van der Waals surface area contributed by atoms with Crippen molar-refractivity contribution in [3.8, 4) is 0 Å². The van der Waals surface area contributed by atoms with Crippen molar-refractivity contribution in [1.29, 1.82) is 0 Å². The molecule has 0 saturated carbocycles. The summed E-state index contributed by atoms with van der Waals surface area (Å²) in [5.74, 6) is 0.901. The Morgan fingerprint density at radius 3 is 3.13 bits per heavy atom. The van der Waals surface area contributed by atoms with Crippen LogP contribution in [0.3, 0.4) is 0 Å². The van der Waals surface area contributed by atoms with Crippen LogP contribution in [-0.4, -0.2) is 48.5 Å². The number of carbonyl (C=O) groups excluding carboxylic acids is 1. The van der Waals surface area contributed by atoms with Gasteiger partial charge in [0.05, 0.1) is 0 Å². The van der Waals surface area contributed by atoms with E-state index in [0.717, 1.165) is 18.7 Å². The summed E-state index contributed by atoms with van der Waals surface area (Å²) in [4.78, 5) is 23.2. The molecule has 3 aromatic rings. The Hall–Kier alpha value is -2.41. The van der Waals surface area contributed by atoms with Crippen LogP contribution in [0.15, 0.2) is 30.7 Å². The fourth-order valence-electron chi connectivity index (χ4n) is 3.10. The lowest BCUT2D eigenvalue weighted by Crippen LogP contribution is -2.40. The third-order valence-corrected chi connectivity index (χ3v) is 4.48. The van der Waals surface area contributed by atoms with Crippen LogP contribution in [0.25, 0.3) is 5.65 Å². The monoisotopic (exact) mass is 330 g/mol. The minimum absolute atomic E-state index is 0.0992. The minimum atomic E-state index is -0.0992. The van der Waals surface area contributed by atoms with E-state index in [0.29, 0.717) is 24.4 Å². The van der Waals surface area contributed by atoms with Crippen LogP contribution in [0.2, 0.25) is 5.15 Å². The van der Waals surface area contributed by atoms with Crippen LogP contribution in [0.5, 0.6) is 0 Å². The molecule has 3 aromatic heterocycles. The molecule has 4 rings (SSSR count). The first-order chi connectivity index (χ1) is 11.2. The highest BCUT2D eigenvalue weighted by molar-refractivity contribution is 6.32. The minimum Gasteiger partial charge on any atom is -0.337 e. The number of rotatable bonds is 2. The number of nitrogens with zero attached hydrogens (tertiary/aromatic N) is 5. The summed E-state index contributed by atoms with van der Waals surface area (Å²) in [5, 5.41) is 7.04. The molecule has 0 radical (unpaired) electrons. The number of pyridine rings is 1. The summed E-state index contributed by atoms with van der Waals surface area (Å²) in [5.41, 5.74) is 1.09. The van der Waals surface area contributed by atoms with Crippen LogP contribution >= 0.6 is 11.6 Å². The van der Waals surface area contributed by atoms with E-state index in [1.54, 1.807) is 10.6 Å². The third kappa shape index (κ3) is 2.46. The molecule has 7 nitrogen and oxygen atoms in total. The molecular formula is C15H15ClN6O. The highest BCUT2D eigenvalue weighted by Gasteiger charge is 2.30. The van der Waals surface area contributed by atoms with Crippen molar-refractivity contribution >= 4 is 23.2 Å². The number of halogens is 1. The lowest BCUT2D eigenvalue weighted by molar-refractivity contribution is 0.0698. The van der Waals surface area contributed by atoms with Crippen molar-refractivity contribution in [2.45, 2.75) is 18.8 Å². The Morgan fingerprint density at radius 2 is 2.30 bits per heavy atom. The number of likely N-dealkylation sites (tertiary alicyclic amines) is 1. The molecule has 1 aliphatic heterocycles. The first-order valence-corrected chi connectivity index (χ1v) is 7.89. The molecule has 1 N–H and O–H groups in total. The van der Waals surface area contributed by atoms with E-state index in [9.17, 15) is 4.79 Å². The number of nitrogens with one attached hydrogen (secondary N) is 1. The Kier molecular flexibility index (Phi) is 3.49. The zero-order valence-electron chi connectivity index (χ0n) is 12.3. The van der Waals surface area contributed by atoms with E-state index in [1.165, 1.54) is 6.33 Å². The molecule has 0 aliphatic carbocycles. The zero-order valence-corrected chi connectivity index (χ0v) is 13.1. The number of aromatic nitrogens is 5. The number of H-pyrrole nitrogens is 1. The third-order valence-electron chi connectivity index (χ3n) is 4.22. The van der Waals surface area contributed by atoms with Gasteiger partial charge in [-0.3, -0.25) is 14.3 Å². The average Bonchev–Trinajstić information content (AvgIpc) is 3.21. The molecule has 1 fully saturated rings. The second-order valence-electron chi connectivity index (χ2n) is 5.64. The van der Waals surface area contributed by atoms with Crippen molar-refractivity contribution in [3.05, 3.63) is 47.4 Å². The number of imidazole rings is 1. The fraction of sp³-hybridized carbons (Fsp3) is 0.333. The van der Waals surface area contributed by atoms with Gasteiger partial charge in [0, 0.05) is 25.2 Å². The number of amides is 1. The lowest BCUT2D eigenvalue weighted by atomic mass is 9.97. The van der Waals surface area contributed by atoms with Crippen LogP contribution in [0.1, 0.15) is 35.1 Å². The molecular weight excluding hydrogens is 316 g/mol. The van der Waals surface area contributed by atoms with E-state index < -0.39 is 0 Å². The van der Waals surface area contributed by atoms with Crippen LogP contribution in [0.4, 0.5) is 0 Å². The van der Waals surface area contributed by atoms with E-state index in [-0.39, 0.29) is 17.0 Å². The molecule has 0 aromatic carbocycles. The molecule has 0 bridgehead atoms. The van der Waals surface area contributed by atoms with Gasteiger partial charge in [-0.15, -0.1) is 0 Å². The van der Waals surface area contributed by atoms with E-state index in [4.69, 9.17) is 11.6 Å². The second kappa shape index (κ2) is 5.66. The highest BCUT2D eigenvalue weighted by Crippen LogP contribution is 2.27. The summed E-state index contributed by atoms with van der Waals surface area (Å²) >= 11 is 6.21. The summed E-state index contributed by atoms with van der Waals surface area (Å²) in [7, 11) is 0. The normalized spacial score (nSPS) is 18.5. The van der Waals surface area contributed by atoms with Gasteiger partial charge in [-0.1, -0.05) is 17.7 Å². The van der Waals surface area contributed by atoms with Crippen molar-refractivity contribution in [2.24, 2.45) is 0 Å². The van der Waals surface area contributed by atoms with E-state index >= 15 is 0 Å². The Morgan fingerprint density at radius 1 is 1.39 bits per heavy atom. The van der Waals surface area contributed by atoms with Gasteiger partial charge in [0.2, 0.25) is 0 Å². The molecule has 1 amide bonds. The molecule has 1 unspecified atom stereocenters. The van der Waals surface area contributed by atoms with Crippen molar-refractivity contribution in [1.82, 2.24) is 29.5 Å². The topological polar surface area (TPSA) is 79.2 Å². The fourth-order valence-corrected chi connectivity index (χ4v) is 3.36. The van der Waals surface area contributed by atoms with Gasteiger partial charge >= 0.3 is 0 Å². The molecule has 4 heterocycles. The smallest absolute Gasteiger partial charge is 0.274 e. The molecule has 118 valence electrons. The van der Waals surface area contributed by atoms with Crippen molar-refractivity contribution in [2.75, 3.05) is 13.1 Å². The standard InChI is InChI=1S/C15H15ClN6O/c16-13-12(22-7-2-1-5-11(22)19-13)15(23)21-6-3-4-10(8-21)14-17-9-18-20-14/h1-2,5,7,9-10H,3-4,6,8H2,(H,17,18,20). The highest BCUT2D eigenvalue weighted by atomic mass is 35.5.